The lowest BCUT2D eigenvalue weighted by molar-refractivity contribution is -0.132. The van der Waals surface area contributed by atoms with Crippen LogP contribution >= 0.6 is 0 Å². The Kier molecular flexibility index (Phi) is 5.99. The van der Waals surface area contributed by atoms with E-state index >= 15 is 0 Å². The molecule has 1 aromatic carbocycles. The van der Waals surface area contributed by atoms with E-state index in [1.165, 1.54) is 6.07 Å². The number of para-hydroxylation sites is 1. The van der Waals surface area contributed by atoms with Crippen molar-refractivity contribution in [2.45, 2.75) is 31.7 Å². The van der Waals surface area contributed by atoms with E-state index in [0.29, 0.717) is 25.5 Å². The van der Waals surface area contributed by atoms with Crippen LogP contribution in [0.1, 0.15) is 25.7 Å². The summed E-state index contributed by atoms with van der Waals surface area (Å²) in [6, 6.07) is 6.72. The number of carbonyl (C=O) groups excluding carboxylic acids is 1. The Morgan fingerprint density at radius 3 is 3.05 bits per heavy atom. The fraction of sp³-hybridized carbons (Fsp3) is 0.562. The Morgan fingerprint density at radius 1 is 1.48 bits per heavy atom. The van der Waals surface area contributed by atoms with Crippen molar-refractivity contribution in [2.24, 2.45) is 0 Å². The Hall–Kier alpha value is -1.62. The van der Waals surface area contributed by atoms with Crippen LogP contribution in [0.2, 0.25) is 0 Å². The van der Waals surface area contributed by atoms with Gasteiger partial charge in [-0.15, -0.1) is 0 Å². The number of benzene rings is 1. The molecule has 1 fully saturated rings. The third kappa shape index (κ3) is 4.70. The number of carbonyl (C=O) groups is 1. The highest BCUT2D eigenvalue weighted by atomic mass is 19.1. The Morgan fingerprint density at radius 2 is 2.29 bits per heavy atom. The molecule has 1 heterocycles. The number of nitrogens with one attached hydrogen (secondary N) is 1. The van der Waals surface area contributed by atoms with Crippen molar-refractivity contribution in [3.8, 4) is 5.75 Å². The molecule has 0 radical (unpaired) electrons. The van der Waals surface area contributed by atoms with Gasteiger partial charge in [-0.05, 0) is 38.4 Å². The first-order chi connectivity index (χ1) is 10.2. The van der Waals surface area contributed by atoms with Crippen LogP contribution in [-0.2, 0) is 4.79 Å². The maximum Gasteiger partial charge on any atom is 0.222 e. The van der Waals surface area contributed by atoms with Crippen LogP contribution in [0.25, 0.3) is 0 Å². The highest BCUT2D eigenvalue weighted by Gasteiger charge is 2.21. The number of ether oxygens (including phenoxy) is 1. The van der Waals surface area contributed by atoms with Gasteiger partial charge in [-0.25, -0.2) is 4.39 Å². The third-order valence-corrected chi connectivity index (χ3v) is 3.81. The predicted molar refractivity (Wildman–Crippen MR) is 79.8 cm³/mol. The molecular formula is C16H23FN2O2. The van der Waals surface area contributed by atoms with Crippen molar-refractivity contribution in [1.82, 2.24) is 10.2 Å². The monoisotopic (exact) mass is 294 g/mol. The number of amides is 1. The molecular weight excluding hydrogens is 271 g/mol. The lowest BCUT2D eigenvalue weighted by Crippen LogP contribution is -2.46. The van der Waals surface area contributed by atoms with Crippen molar-refractivity contribution in [2.75, 3.05) is 26.7 Å². The molecule has 0 aromatic heterocycles. The van der Waals surface area contributed by atoms with Crippen LogP contribution in [0, 0.1) is 5.82 Å². The summed E-state index contributed by atoms with van der Waals surface area (Å²) in [6.07, 6.45) is 3.22. The fourth-order valence-corrected chi connectivity index (χ4v) is 2.56. The Balaban J connectivity index is 1.68. The first kappa shape index (κ1) is 15.8. The van der Waals surface area contributed by atoms with E-state index in [4.69, 9.17) is 4.74 Å². The minimum Gasteiger partial charge on any atom is -0.491 e. The highest BCUT2D eigenvalue weighted by Crippen LogP contribution is 2.16. The number of likely N-dealkylation sites (N-methyl/N-ethyl adjacent to an activating group) is 1. The van der Waals surface area contributed by atoms with Gasteiger partial charge >= 0.3 is 0 Å². The van der Waals surface area contributed by atoms with Gasteiger partial charge in [-0.2, -0.15) is 0 Å². The van der Waals surface area contributed by atoms with Gasteiger partial charge in [0.1, 0.15) is 0 Å². The SMILES string of the molecule is CNC1CCCN(C(=O)CCCOc2ccccc2F)C1. The van der Waals surface area contributed by atoms with Gasteiger partial charge in [-0.1, -0.05) is 12.1 Å². The minimum atomic E-state index is -0.364. The van der Waals surface area contributed by atoms with Gasteiger partial charge in [0.05, 0.1) is 6.61 Å². The first-order valence-electron chi connectivity index (χ1n) is 7.53. The Labute approximate surface area is 125 Å². The summed E-state index contributed by atoms with van der Waals surface area (Å²) in [5.41, 5.74) is 0. The van der Waals surface area contributed by atoms with Crippen LogP contribution in [0.4, 0.5) is 4.39 Å². The van der Waals surface area contributed by atoms with Crippen LogP contribution in [0.15, 0.2) is 24.3 Å². The van der Waals surface area contributed by atoms with E-state index in [-0.39, 0.29) is 17.5 Å². The summed E-state index contributed by atoms with van der Waals surface area (Å²) >= 11 is 0. The molecule has 1 N–H and O–H groups in total. The summed E-state index contributed by atoms with van der Waals surface area (Å²) in [5, 5.41) is 3.22. The van der Waals surface area contributed by atoms with E-state index in [9.17, 15) is 9.18 Å². The number of halogens is 1. The van der Waals surface area contributed by atoms with E-state index in [1.807, 2.05) is 11.9 Å². The number of nitrogens with zero attached hydrogens (tertiary/aromatic N) is 1. The largest absolute Gasteiger partial charge is 0.491 e. The summed E-state index contributed by atoms with van der Waals surface area (Å²) in [4.78, 5) is 14.0. The van der Waals surface area contributed by atoms with Crippen molar-refractivity contribution >= 4 is 5.91 Å². The van der Waals surface area contributed by atoms with Gasteiger partial charge in [0.15, 0.2) is 11.6 Å². The summed E-state index contributed by atoms with van der Waals surface area (Å²) < 4.78 is 18.7. The zero-order chi connectivity index (χ0) is 15.1. The van der Waals surface area contributed by atoms with Gasteiger partial charge in [0, 0.05) is 25.6 Å². The summed E-state index contributed by atoms with van der Waals surface area (Å²) in [7, 11) is 1.93. The number of likely N-dealkylation sites (tertiary alicyclic amines) is 1. The van der Waals surface area contributed by atoms with Crippen molar-refractivity contribution < 1.29 is 13.9 Å². The second-order valence-electron chi connectivity index (χ2n) is 5.35. The first-order valence-corrected chi connectivity index (χ1v) is 7.53. The fourth-order valence-electron chi connectivity index (χ4n) is 2.56. The maximum absolute atomic E-state index is 13.3. The molecule has 1 saturated heterocycles. The number of piperidine rings is 1. The molecule has 1 atom stereocenters. The summed E-state index contributed by atoms with van der Waals surface area (Å²) in [5.74, 6) is 0.0435. The molecule has 4 nitrogen and oxygen atoms in total. The average Bonchev–Trinajstić information content (AvgIpc) is 2.53. The minimum absolute atomic E-state index is 0.159. The van der Waals surface area contributed by atoms with E-state index in [2.05, 4.69) is 5.32 Å². The van der Waals surface area contributed by atoms with Gasteiger partial charge in [-0.3, -0.25) is 4.79 Å². The topological polar surface area (TPSA) is 41.6 Å². The van der Waals surface area contributed by atoms with E-state index < -0.39 is 0 Å². The van der Waals surface area contributed by atoms with Gasteiger partial charge in [0.2, 0.25) is 5.91 Å². The molecule has 1 aromatic rings. The zero-order valence-corrected chi connectivity index (χ0v) is 12.5. The molecule has 0 saturated carbocycles. The van der Waals surface area contributed by atoms with Crippen LogP contribution < -0.4 is 10.1 Å². The van der Waals surface area contributed by atoms with Crippen LogP contribution in [-0.4, -0.2) is 43.6 Å². The zero-order valence-electron chi connectivity index (χ0n) is 12.5. The van der Waals surface area contributed by atoms with Crippen molar-refractivity contribution in [3.63, 3.8) is 0 Å². The van der Waals surface area contributed by atoms with E-state index in [0.717, 1.165) is 25.9 Å². The molecule has 21 heavy (non-hydrogen) atoms. The molecule has 0 aliphatic carbocycles. The molecule has 1 amide bonds. The number of hydrogen-bond donors (Lipinski definition) is 1. The molecule has 116 valence electrons. The second kappa shape index (κ2) is 7.98. The smallest absolute Gasteiger partial charge is 0.222 e. The number of hydrogen-bond acceptors (Lipinski definition) is 3. The van der Waals surface area contributed by atoms with Gasteiger partial charge in [0.25, 0.3) is 0 Å². The maximum atomic E-state index is 13.3. The number of rotatable bonds is 6. The average molecular weight is 294 g/mol. The highest BCUT2D eigenvalue weighted by molar-refractivity contribution is 5.76. The van der Waals surface area contributed by atoms with Crippen LogP contribution in [0.5, 0.6) is 5.75 Å². The second-order valence-corrected chi connectivity index (χ2v) is 5.35. The lowest BCUT2D eigenvalue weighted by atomic mass is 10.1. The quantitative estimate of drug-likeness (QED) is 0.818. The molecule has 0 spiro atoms. The molecule has 1 unspecified atom stereocenters. The third-order valence-electron chi connectivity index (χ3n) is 3.81. The van der Waals surface area contributed by atoms with Crippen molar-refractivity contribution in [3.05, 3.63) is 30.1 Å². The Bertz CT molecular complexity index is 467. The standard InChI is InChI=1S/C16H23FN2O2/c1-18-13-6-4-10-19(12-13)16(20)9-5-11-21-15-8-3-2-7-14(15)17/h2-3,7-8,13,18H,4-6,9-12H2,1H3. The summed E-state index contributed by atoms with van der Waals surface area (Å²) in [6.45, 7) is 1.98. The molecule has 2 rings (SSSR count). The normalized spacial score (nSPS) is 18.6. The molecule has 5 heteroatoms. The van der Waals surface area contributed by atoms with Crippen LogP contribution in [0.3, 0.4) is 0 Å². The molecule has 1 aliphatic heterocycles. The molecule has 0 bridgehead atoms. The van der Waals surface area contributed by atoms with E-state index in [1.54, 1.807) is 18.2 Å². The van der Waals surface area contributed by atoms with Gasteiger partial charge < -0.3 is 15.0 Å². The molecule has 1 aliphatic rings. The van der Waals surface area contributed by atoms with Crippen molar-refractivity contribution in [1.29, 1.82) is 0 Å². The lowest BCUT2D eigenvalue weighted by Gasteiger charge is -2.32. The predicted octanol–water partition coefficient (Wildman–Crippen LogP) is 2.20.